The molecule has 0 unspecified atom stereocenters. The van der Waals surface area contributed by atoms with E-state index in [1.165, 1.54) is 5.56 Å². The number of carbonyl (C=O) groups is 1. The number of nitrogens with zero attached hydrogens (tertiary/aromatic N) is 3. The fraction of sp³-hybridized carbons (Fsp3) is 0.500. The number of rotatable bonds is 4. The second-order valence-electron chi connectivity index (χ2n) is 9.71. The van der Waals surface area contributed by atoms with Gasteiger partial charge >= 0.3 is 6.03 Å². The van der Waals surface area contributed by atoms with Crippen LogP contribution in [0.5, 0.6) is 0 Å². The van der Waals surface area contributed by atoms with Crippen LogP contribution in [-0.2, 0) is 5.41 Å². The number of anilines is 2. The Labute approximate surface area is 207 Å². The summed E-state index contributed by atoms with van der Waals surface area (Å²) >= 11 is 13.0. The van der Waals surface area contributed by atoms with E-state index in [0.717, 1.165) is 49.7 Å². The lowest BCUT2D eigenvalue weighted by Crippen LogP contribution is -2.49. The first-order valence-electron chi connectivity index (χ1n) is 11.9. The van der Waals surface area contributed by atoms with Gasteiger partial charge in [0.1, 0.15) is 0 Å². The monoisotopic (exact) mass is 488 g/mol. The van der Waals surface area contributed by atoms with E-state index < -0.39 is 0 Å². The molecule has 0 radical (unpaired) electrons. The Morgan fingerprint density at radius 2 is 1.55 bits per heavy atom. The second kappa shape index (κ2) is 10.1. The summed E-state index contributed by atoms with van der Waals surface area (Å²) < 4.78 is 0. The van der Waals surface area contributed by atoms with E-state index in [4.69, 9.17) is 23.2 Å². The predicted molar refractivity (Wildman–Crippen MR) is 139 cm³/mol. The van der Waals surface area contributed by atoms with Crippen LogP contribution in [0.3, 0.4) is 0 Å². The lowest BCUT2D eigenvalue weighted by molar-refractivity contribution is 0.174. The van der Waals surface area contributed by atoms with Gasteiger partial charge in [0, 0.05) is 50.3 Å². The number of amides is 2. The van der Waals surface area contributed by atoms with Crippen LogP contribution in [-0.4, -0.2) is 61.1 Å². The molecule has 2 aliphatic rings. The minimum atomic E-state index is -0.0913. The molecule has 2 aliphatic heterocycles. The summed E-state index contributed by atoms with van der Waals surface area (Å²) in [5.41, 5.74) is 2.85. The van der Waals surface area contributed by atoms with Gasteiger partial charge in [-0.15, -0.1) is 0 Å². The number of urea groups is 1. The van der Waals surface area contributed by atoms with Gasteiger partial charge in [0.2, 0.25) is 0 Å². The highest BCUT2D eigenvalue weighted by atomic mass is 35.5. The molecule has 2 fully saturated rings. The smallest absolute Gasteiger partial charge is 0.321 e. The van der Waals surface area contributed by atoms with E-state index in [0.29, 0.717) is 29.8 Å². The van der Waals surface area contributed by atoms with Crippen molar-refractivity contribution in [2.45, 2.75) is 45.1 Å². The Kier molecular flexibility index (Phi) is 7.42. The average molecular weight is 489 g/mol. The van der Waals surface area contributed by atoms with Crippen LogP contribution in [0.2, 0.25) is 10.0 Å². The summed E-state index contributed by atoms with van der Waals surface area (Å²) in [5.74, 6) is 0. The summed E-state index contributed by atoms with van der Waals surface area (Å²) in [4.78, 5) is 19.9. The van der Waals surface area contributed by atoms with Gasteiger partial charge in [-0.3, -0.25) is 4.90 Å². The number of nitrogens with one attached hydrogen (secondary N) is 1. The second-order valence-corrected chi connectivity index (χ2v) is 10.5. The van der Waals surface area contributed by atoms with Crippen molar-refractivity contribution in [1.29, 1.82) is 0 Å². The van der Waals surface area contributed by atoms with Crippen LogP contribution in [0.15, 0.2) is 42.5 Å². The number of piperazine rings is 1. The average Bonchev–Trinajstić information content (AvgIpc) is 2.81. The van der Waals surface area contributed by atoms with Gasteiger partial charge in [-0.1, -0.05) is 54.4 Å². The normalized spacial score (nSPS) is 19.1. The number of halogens is 2. The largest absolute Gasteiger partial charge is 0.367 e. The molecular weight excluding hydrogens is 455 g/mol. The highest BCUT2D eigenvalue weighted by Gasteiger charge is 2.35. The lowest BCUT2D eigenvalue weighted by Gasteiger charge is -2.41. The standard InChI is InChI=1S/C26H34Cl2N4O/c1-19(2)30-15-17-31(18-16-30)23-10-6-9-22(28)24(23)29-25(33)32-13-11-26(3,12-14-32)20-7-4-5-8-21(20)27/h4-10,19H,11-18H2,1-3H3,(H,29,33). The van der Waals surface area contributed by atoms with Crippen molar-refractivity contribution in [3.63, 3.8) is 0 Å². The molecule has 5 nitrogen and oxygen atoms in total. The quantitative estimate of drug-likeness (QED) is 0.563. The highest BCUT2D eigenvalue weighted by Crippen LogP contribution is 2.39. The first kappa shape index (κ1) is 24.2. The molecule has 0 aromatic heterocycles. The van der Waals surface area contributed by atoms with Gasteiger partial charge < -0.3 is 15.1 Å². The number of benzene rings is 2. The van der Waals surface area contributed by atoms with Crippen LogP contribution in [0.4, 0.5) is 16.2 Å². The maximum atomic E-state index is 13.2. The van der Waals surface area contributed by atoms with Gasteiger partial charge in [-0.2, -0.15) is 0 Å². The molecule has 0 atom stereocenters. The fourth-order valence-corrected chi connectivity index (χ4v) is 5.57. The van der Waals surface area contributed by atoms with Gasteiger partial charge in [0.05, 0.1) is 16.4 Å². The molecule has 2 aromatic carbocycles. The molecule has 4 rings (SSSR count). The number of piperidine rings is 1. The molecule has 2 saturated heterocycles. The minimum Gasteiger partial charge on any atom is -0.367 e. The number of carbonyl (C=O) groups excluding carboxylic acids is 1. The summed E-state index contributed by atoms with van der Waals surface area (Å²) in [7, 11) is 0. The Hall–Kier alpha value is -1.95. The van der Waals surface area contributed by atoms with E-state index in [-0.39, 0.29) is 11.4 Å². The number of hydrogen-bond donors (Lipinski definition) is 1. The van der Waals surface area contributed by atoms with Crippen LogP contribution < -0.4 is 10.2 Å². The van der Waals surface area contributed by atoms with E-state index >= 15 is 0 Å². The van der Waals surface area contributed by atoms with E-state index in [1.54, 1.807) is 0 Å². The van der Waals surface area contributed by atoms with Crippen molar-refractivity contribution in [3.8, 4) is 0 Å². The molecule has 33 heavy (non-hydrogen) atoms. The molecule has 0 spiro atoms. The number of likely N-dealkylation sites (tertiary alicyclic amines) is 1. The molecule has 0 aliphatic carbocycles. The van der Waals surface area contributed by atoms with Crippen molar-refractivity contribution >= 4 is 40.6 Å². The zero-order chi connectivity index (χ0) is 23.6. The SMILES string of the molecule is CC(C)N1CCN(c2cccc(Cl)c2NC(=O)N2CCC(C)(c3ccccc3Cl)CC2)CC1. The summed E-state index contributed by atoms with van der Waals surface area (Å²) in [6, 6.07) is 14.3. The Morgan fingerprint density at radius 1 is 0.909 bits per heavy atom. The summed E-state index contributed by atoms with van der Waals surface area (Å²) in [6.07, 6.45) is 1.74. The zero-order valence-corrected chi connectivity index (χ0v) is 21.3. The number of hydrogen-bond acceptors (Lipinski definition) is 3. The molecule has 0 bridgehead atoms. The van der Waals surface area contributed by atoms with Crippen LogP contribution in [0.25, 0.3) is 0 Å². The van der Waals surface area contributed by atoms with Crippen LogP contribution in [0.1, 0.15) is 39.2 Å². The molecule has 7 heteroatoms. The summed E-state index contributed by atoms with van der Waals surface area (Å²) in [5, 5.41) is 4.51. The van der Waals surface area contributed by atoms with Gasteiger partial charge in [-0.05, 0) is 55.9 Å². The van der Waals surface area contributed by atoms with Crippen LogP contribution >= 0.6 is 23.2 Å². The predicted octanol–water partition coefficient (Wildman–Crippen LogP) is 6.11. The maximum absolute atomic E-state index is 13.2. The van der Waals surface area contributed by atoms with E-state index in [2.05, 4.69) is 48.0 Å². The Balaban J connectivity index is 1.43. The minimum absolute atomic E-state index is 0.0270. The third-order valence-electron chi connectivity index (χ3n) is 7.29. The molecule has 1 N–H and O–H groups in total. The molecular formula is C26H34Cl2N4O. The number of para-hydroxylation sites is 1. The fourth-order valence-electron chi connectivity index (χ4n) is 4.99. The van der Waals surface area contributed by atoms with Gasteiger partial charge in [0.25, 0.3) is 0 Å². The van der Waals surface area contributed by atoms with Gasteiger partial charge in [0.15, 0.2) is 0 Å². The highest BCUT2D eigenvalue weighted by molar-refractivity contribution is 6.34. The Morgan fingerprint density at radius 3 is 2.18 bits per heavy atom. The summed E-state index contributed by atoms with van der Waals surface area (Å²) in [6.45, 7) is 11.9. The molecule has 2 amide bonds. The van der Waals surface area contributed by atoms with E-state index in [1.807, 2.05) is 35.2 Å². The molecule has 2 aromatic rings. The zero-order valence-electron chi connectivity index (χ0n) is 19.8. The van der Waals surface area contributed by atoms with Crippen molar-refractivity contribution in [1.82, 2.24) is 9.80 Å². The lowest BCUT2D eigenvalue weighted by atomic mass is 9.74. The van der Waals surface area contributed by atoms with Crippen molar-refractivity contribution < 1.29 is 4.79 Å². The molecule has 0 saturated carbocycles. The molecule has 178 valence electrons. The maximum Gasteiger partial charge on any atom is 0.321 e. The van der Waals surface area contributed by atoms with Gasteiger partial charge in [-0.25, -0.2) is 4.79 Å². The van der Waals surface area contributed by atoms with Crippen molar-refractivity contribution in [3.05, 3.63) is 58.1 Å². The first-order valence-corrected chi connectivity index (χ1v) is 12.6. The topological polar surface area (TPSA) is 38.8 Å². The van der Waals surface area contributed by atoms with Crippen LogP contribution in [0, 0.1) is 0 Å². The first-order chi connectivity index (χ1) is 15.8. The van der Waals surface area contributed by atoms with E-state index in [9.17, 15) is 4.79 Å². The Bertz CT molecular complexity index is 980. The van der Waals surface area contributed by atoms with Crippen molar-refractivity contribution in [2.75, 3.05) is 49.5 Å². The third kappa shape index (κ3) is 5.26. The third-order valence-corrected chi connectivity index (χ3v) is 7.93. The van der Waals surface area contributed by atoms with Crippen molar-refractivity contribution in [2.24, 2.45) is 0 Å². The molecule has 2 heterocycles.